The van der Waals surface area contributed by atoms with Crippen LogP contribution in [0.5, 0.6) is 11.5 Å². The Morgan fingerprint density at radius 3 is 2.69 bits per heavy atom. The van der Waals surface area contributed by atoms with Crippen LogP contribution < -0.4 is 14.8 Å². The van der Waals surface area contributed by atoms with E-state index < -0.39 is 0 Å². The highest BCUT2D eigenvalue weighted by atomic mass is 16.6. The summed E-state index contributed by atoms with van der Waals surface area (Å²) in [4.78, 5) is 38.9. The van der Waals surface area contributed by atoms with Crippen LogP contribution in [0.15, 0.2) is 30.7 Å². The van der Waals surface area contributed by atoms with Crippen LogP contribution in [-0.4, -0.2) is 71.3 Å². The summed E-state index contributed by atoms with van der Waals surface area (Å²) in [5.74, 6) is 1.78. The van der Waals surface area contributed by atoms with Crippen LogP contribution in [0.1, 0.15) is 43.0 Å². The van der Waals surface area contributed by atoms with Crippen LogP contribution >= 0.6 is 0 Å². The number of likely N-dealkylation sites (tertiary alicyclic amines) is 1. The average Bonchev–Trinajstić information content (AvgIpc) is 3.63. The van der Waals surface area contributed by atoms with Gasteiger partial charge in [-0.15, -0.1) is 0 Å². The van der Waals surface area contributed by atoms with E-state index in [1.807, 2.05) is 18.2 Å². The maximum absolute atomic E-state index is 13.2. The van der Waals surface area contributed by atoms with Gasteiger partial charge in [-0.05, 0) is 50.7 Å². The molecule has 2 fully saturated rings. The molecule has 1 aliphatic carbocycles. The second-order valence-corrected chi connectivity index (χ2v) is 9.20. The number of piperidine rings is 1. The van der Waals surface area contributed by atoms with Gasteiger partial charge in [0.2, 0.25) is 0 Å². The largest absolute Gasteiger partial charge is 0.497 e. The summed E-state index contributed by atoms with van der Waals surface area (Å²) >= 11 is 0. The van der Waals surface area contributed by atoms with E-state index in [4.69, 9.17) is 14.2 Å². The Bertz CT molecular complexity index is 1250. The molecule has 1 aromatic carbocycles. The van der Waals surface area contributed by atoms with Gasteiger partial charge < -0.3 is 29.4 Å². The van der Waals surface area contributed by atoms with Crippen molar-refractivity contribution in [1.82, 2.24) is 25.2 Å². The first-order chi connectivity index (χ1) is 17.6. The first-order valence-electron chi connectivity index (χ1n) is 12.4. The number of amides is 2. The molecule has 2 aromatic heterocycles. The predicted octanol–water partition coefficient (Wildman–Crippen LogP) is 3.77. The Balaban J connectivity index is 1.34. The summed E-state index contributed by atoms with van der Waals surface area (Å²) in [6.07, 6.45) is 6.54. The van der Waals surface area contributed by atoms with Crippen molar-refractivity contribution in [1.29, 1.82) is 0 Å². The van der Waals surface area contributed by atoms with Crippen molar-refractivity contribution >= 4 is 23.0 Å². The van der Waals surface area contributed by atoms with E-state index in [0.717, 1.165) is 5.56 Å². The third-order valence-electron chi connectivity index (χ3n) is 6.68. The molecule has 3 heterocycles. The molecule has 10 nitrogen and oxygen atoms in total. The monoisotopic (exact) mass is 493 g/mol. The number of aromatic nitrogens is 3. The summed E-state index contributed by atoms with van der Waals surface area (Å²) < 4.78 is 16.6. The van der Waals surface area contributed by atoms with Crippen LogP contribution in [0.25, 0.3) is 22.3 Å². The van der Waals surface area contributed by atoms with Gasteiger partial charge in [0.1, 0.15) is 29.0 Å². The lowest BCUT2D eigenvalue weighted by atomic mass is 10.0. The molecule has 5 rings (SSSR count). The fourth-order valence-corrected chi connectivity index (χ4v) is 4.44. The Labute approximate surface area is 209 Å². The molecule has 3 aromatic rings. The topological polar surface area (TPSA) is 119 Å². The van der Waals surface area contributed by atoms with E-state index in [1.54, 1.807) is 25.1 Å². The average molecular weight is 494 g/mol. The maximum Gasteiger partial charge on any atom is 0.409 e. The summed E-state index contributed by atoms with van der Waals surface area (Å²) in [5, 5.41) is 3.09. The Hall–Kier alpha value is -3.82. The van der Waals surface area contributed by atoms with E-state index in [9.17, 15) is 9.59 Å². The predicted molar refractivity (Wildman–Crippen MR) is 133 cm³/mol. The zero-order valence-electron chi connectivity index (χ0n) is 20.6. The number of nitrogens with zero attached hydrogens (tertiary/aromatic N) is 3. The van der Waals surface area contributed by atoms with Gasteiger partial charge in [0.05, 0.1) is 31.4 Å². The van der Waals surface area contributed by atoms with E-state index in [-0.39, 0.29) is 18.0 Å². The quantitative estimate of drug-likeness (QED) is 0.490. The smallest absolute Gasteiger partial charge is 0.409 e. The Kier molecular flexibility index (Phi) is 6.92. The van der Waals surface area contributed by atoms with E-state index in [2.05, 4.69) is 20.3 Å². The second kappa shape index (κ2) is 10.4. The van der Waals surface area contributed by atoms with Gasteiger partial charge in [-0.3, -0.25) is 4.79 Å². The van der Waals surface area contributed by atoms with E-state index >= 15 is 0 Å². The molecule has 1 aliphatic heterocycles. The standard InChI is InChI=1S/C26H31N5O5/c1-3-35-26(33)31-10-8-17(9-11-31)30-25(32)20-13-27-24-22(28-15-29-23(20)24)19-7-6-18(34-2)12-21(19)36-14-16-4-5-16/h6-7,12-13,15-17,27H,3-5,8-11,14H2,1-2H3,(H,30,32). The van der Waals surface area contributed by atoms with Crippen molar-refractivity contribution in [2.45, 2.75) is 38.6 Å². The lowest BCUT2D eigenvalue weighted by molar-refractivity contribution is 0.0861. The zero-order valence-corrected chi connectivity index (χ0v) is 20.6. The SMILES string of the molecule is CCOC(=O)N1CCC(NC(=O)c2c[nH]c3c(-c4ccc(OC)cc4OCC4CC4)ncnc23)CC1. The number of nitrogens with one attached hydrogen (secondary N) is 2. The van der Waals surface area contributed by atoms with Crippen molar-refractivity contribution in [3.8, 4) is 22.8 Å². The number of hydrogen-bond donors (Lipinski definition) is 2. The third kappa shape index (κ3) is 5.07. The van der Waals surface area contributed by atoms with Crippen molar-refractivity contribution in [2.24, 2.45) is 5.92 Å². The molecule has 2 amide bonds. The van der Waals surface area contributed by atoms with Crippen LogP contribution in [0.3, 0.4) is 0 Å². The number of fused-ring (bicyclic) bond motifs is 1. The zero-order chi connectivity index (χ0) is 25.1. The van der Waals surface area contributed by atoms with Gasteiger partial charge in [-0.2, -0.15) is 0 Å². The molecule has 10 heteroatoms. The number of carbonyl (C=O) groups excluding carboxylic acids is 2. The minimum Gasteiger partial charge on any atom is -0.497 e. The van der Waals surface area contributed by atoms with Gasteiger partial charge in [-0.25, -0.2) is 14.8 Å². The molecule has 1 saturated carbocycles. The fourth-order valence-electron chi connectivity index (χ4n) is 4.44. The number of ether oxygens (including phenoxy) is 3. The summed E-state index contributed by atoms with van der Waals surface area (Å²) in [5.41, 5.74) is 3.14. The first-order valence-corrected chi connectivity index (χ1v) is 12.4. The number of aromatic amines is 1. The lowest BCUT2D eigenvalue weighted by Crippen LogP contribution is -2.46. The van der Waals surface area contributed by atoms with Gasteiger partial charge in [0.15, 0.2) is 0 Å². The Morgan fingerprint density at radius 1 is 1.17 bits per heavy atom. The lowest BCUT2D eigenvalue weighted by Gasteiger charge is -2.31. The van der Waals surface area contributed by atoms with Crippen molar-refractivity contribution in [3.05, 3.63) is 36.3 Å². The third-order valence-corrected chi connectivity index (χ3v) is 6.68. The van der Waals surface area contributed by atoms with Crippen molar-refractivity contribution in [3.63, 3.8) is 0 Å². The minimum absolute atomic E-state index is 0.0292. The van der Waals surface area contributed by atoms with Crippen LogP contribution in [0.2, 0.25) is 0 Å². The van der Waals surface area contributed by atoms with Gasteiger partial charge in [0, 0.05) is 37.0 Å². The van der Waals surface area contributed by atoms with Gasteiger partial charge in [-0.1, -0.05) is 0 Å². The number of methoxy groups -OCH3 is 1. The molecule has 0 unspecified atom stereocenters. The number of benzene rings is 1. The molecule has 190 valence electrons. The molecule has 36 heavy (non-hydrogen) atoms. The summed E-state index contributed by atoms with van der Waals surface area (Å²) in [6.45, 7) is 3.89. The normalized spacial score (nSPS) is 16.1. The van der Waals surface area contributed by atoms with Crippen LogP contribution in [0, 0.1) is 5.92 Å². The first kappa shape index (κ1) is 23.9. The fraction of sp³-hybridized carbons (Fsp3) is 0.462. The molecule has 0 bridgehead atoms. The van der Waals surface area contributed by atoms with Crippen LogP contribution in [-0.2, 0) is 4.74 Å². The minimum atomic E-state index is -0.304. The summed E-state index contributed by atoms with van der Waals surface area (Å²) in [6, 6.07) is 5.62. The van der Waals surface area contributed by atoms with E-state index in [0.29, 0.717) is 78.9 Å². The molecule has 1 saturated heterocycles. The molecular weight excluding hydrogens is 462 g/mol. The highest BCUT2D eigenvalue weighted by molar-refractivity contribution is 6.08. The highest BCUT2D eigenvalue weighted by Crippen LogP contribution is 2.37. The van der Waals surface area contributed by atoms with Crippen molar-refractivity contribution in [2.75, 3.05) is 33.4 Å². The Morgan fingerprint density at radius 2 is 1.97 bits per heavy atom. The van der Waals surface area contributed by atoms with E-state index in [1.165, 1.54) is 19.2 Å². The van der Waals surface area contributed by atoms with Gasteiger partial charge in [0.25, 0.3) is 5.91 Å². The molecule has 2 N–H and O–H groups in total. The number of carbonyl (C=O) groups is 2. The molecular formula is C26H31N5O5. The highest BCUT2D eigenvalue weighted by Gasteiger charge is 2.27. The number of H-pyrrole nitrogens is 1. The number of rotatable bonds is 8. The maximum atomic E-state index is 13.2. The van der Waals surface area contributed by atoms with Crippen LogP contribution in [0.4, 0.5) is 4.79 Å². The molecule has 0 radical (unpaired) electrons. The van der Waals surface area contributed by atoms with Crippen molar-refractivity contribution < 1.29 is 23.8 Å². The molecule has 0 spiro atoms. The number of hydrogen-bond acceptors (Lipinski definition) is 7. The van der Waals surface area contributed by atoms with Gasteiger partial charge >= 0.3 is 6.09 Å². The molecule has 2 aliphatic rings. The molecule has 0 atom stereocenters. The second-order valence-electron chi connectivity index (χ2n) is 9.20. The summed E-state index contributed by atoms with van der Waals surface area (Å²) in [7, 11) is 1.62.